The molecule has 0 fully saturated rings. The van der Waals surface area contributed by atoms with Crippen LogP contribution in [0.3, 0.4) is 0 Å². The van der Waals surface area contributed by atoms with Gasteiger partial charge in [0.2, 0.25) is 0 Å². The van der Waals surface area contributed by atoms with E-state index in [9.17, 15) is 0 Å². The Morgan fingerprint density at radius 2 is 2.20 bits per heavy atom. The average molecular weight is 203 g/mol. The summed E-state index contributed by atoms with van der Waals surface area (Å²) in [7, 11) is 0. The van der Waals surface area contributed by atoms with Crippen LogP contribution in [0.2, 0.25) is 0 Å². The summed E-state index contributed by atoms with van der Waals surface area (Å²) in [6, 6.07) is 9.77. The van der Waals surface area contributed by atoms with Crippen LogP contribution >= 0.6 is 0 Å². The van der Waals surface area contributed by atoms with Gasteiger partial charge in [-0.15, -0.1) is 0 Å². The summed E-state index contributed by atoms with van der Waals surface area (Å²) in [5.41, 5.74) is 0.946. The standard InChI is InChI=1S/C12H13NO2/c1-9(14)8-15-11-6-10-4-2-3-5-12(10)13-7-11/h2-7,9,14H,8H2,1H3. The van der Waals surface area contributed by atoms with E-state index in [1.807, 2.05) is 30.3 Å². The maximum atomic E-state index is 9.08. The highest BCUT2D eigenvalue weighted by molar-refractivity contribution is 5.79. The SMILES string of the molecule is CC(O)COc1cnc2ccccc2c1. The molecular weight excluding hydrogens is 190 g/mol. The highest BCUT2D eigenvalue weighted by Gasteiger charge is 2.00. The monoisotopic (exact) mass is 203 g/mol. The van der Waals surface area contributed by atoms with E-state index < -0.39 is 6.10 Å². The van der Waals surface area contributed by atoms with E-state index in [-0.39, 0.29) is 0 Å². The number of fused-ring (bicyclic) bond motifs is 1. The van der Waals surface area contributed by atoms with Crippen LogP contribution in [0, 0.1) is 0 Å². The molecule has 0 aliphatic heterocycles. The first kappa shape index (κ1) is 9.93. The molecule has 0 bridgehead atoms. The smallest absolute Gasteiger partial charge is 0.138 e. The highest BCUT2D eigenvalue weighted by atomic mass is 16.5. The number of benzene rings is 1. The Hall–Kier alpha value is -1.61. The molecule has 3 nitrogen and oxygen atoms in total. The fourth-order valence-corrected chi connectivity index (χ4v) is 1.35. The number of aromatic nitrogens is 1. The first-order valence-corrected chi connectivity index (χ1v) is 4.91. The molecular formula is C12H13NO2. The van der Waals surface area contributed by atoms with Crippen molar-refractivity contribution in [1.29, 1.82) is 0 Å². The number of ether oxygens (including phenoxy) is 1. The van der Waals surface area contributed by atoms with Gasteiger partial charge in [-0.25, -0.2) is 0 Å². The molecule has 2 aromatic rings. The van der Waals surface area contributed by atoms with Gasteiger partial charge in [0.1, 0.15) is 12.4 Å². The Labute approximate surface area is 88.3 Å². The molecule has 1 heterocycles. The van der Waals surface area contributed by atoms with E-state index in [2.05, 4.69) is 4.98 Å². The van der Waals surface area contributed by atoms with Gasteiger partial charge in [-0.3, -0.25) is 4.98 Å². The fourth-order valence-electron chi connectivity index (χ4n) is 1.35. The third-order valence-electron chi connectivity index (χ3n) is 2.06. The zero-order valence-electron chi connectivity index (χ0n) is 8.55. The van der Waals surface area contributed by atoms with E-state index in [0.29, 0.717) is 12.4 Å². The van der Waals surface area contributed by atoms with Crippen molar-refractivity contribution in [3.05, 3.63) is 36.5 Å². The van der Waals surface area contributed by atoms with Gasteiger partial charge in [-0.05, 0) is 19.1 Å². The molecule has 0 saturated carbocycles. The Balaban J connectivity index is 2.23. The lowest BCUT2D eigenvalue weighted by Gasteiger charge is -2.08. The number of aliphatic hydroxyl groups is 1. The van der Waals surface area contributed by atoms with Gasteiger partial charge < -0.3 is 9.84 Å². The van der Waals surface area contributed by atoms with Crippen molar-refractivity contribution in [2.24, 2.45) is 0 Å². The minimum Gasteiger partial charge on any atom is -0.489 e. The number of nitrogens with zero attached hydrogens (tertiary/aromatic N) is 1. The summed E-state index contributed by atoms with van der Waals surface area (Å²) in [6.07, 6.45) is 1.21. The van der Waals surface area contributed by atoms with Crippen molar-refractivity contribution in [1.82, 2.24) is 4.98 Å². The molecule has 2 rings (SSSR count). The third kappa shape index (κ3) is 2.44. The van der Waals surface area contributed by atoms with Gasteiger partial charge in [-0.1, -0.05) is 18.2 Å². The lowest BCUT2D eigenvalue weighted by Crippen LogP contribution is -2.12. The fraction of sp³-hybridized carbons (Fsp3) is 0.250. The number of hydrogen-bond acceptors (Lipinski definition) is 3. The molecule has 15 heavy (non-hydrogen) atoms. The van der Waals surface area contributed by atoms with Crippen molar-refractivity contribution in [2.75, 3.05) is 6.61 Å². The molecule has 3 heteroatoms. The quantitative estimate of drug-likeness (QED) is 0.829. The summed E-state index contributed by atoms with van der Waals surface area (Å²) in [5.74, 6) is 0.689. The molecule has 0 saturated heterocycles. The summed E-state index contributed by atoms with van der Waals surface area (Å²) >= 11 is 0. The molecule has 1 atom stereocenters. The van der Waals surface area contributed by atoms with Crippen LogP contribution in [0.5, 0.6) is 5.75 Å². The molecule has 0 spiro atoms. The zero-order chi connectivity index (χ0) is 10.7. The molecule has 1 aromatic carbocycles. The van der Waals surface area contributed by atoms with Crippen molar-refractivity contribution in [2.45, 2.75) is 13.0 Å². The van der Waals surface area contributed by atoms with E-state index in [1.54, 1.807) is 13.1 Å². The largest absolute Gasteiger partial charge is 0.489 e. The number of aliphatic hydroxyl groups excluding tert-OH is 1. The van der Waals surface area contributed by atoms with E-state index in [4.69, 9.17) is 9.84 Å². The molecule has 1 N–H and O–H groups in total. The van der Waals surface area contributed by atoms with Crippen molar-refractivity contribution >= 4 is 10.9 Å². The Morgan fingerprint density at radius 1 is 1.40 bits per heavy atom. The topological polar surface area (TPSA) is 42.4 Å². The van der Waals surface area contributed by atoms with Crippen LogP contribution in [0.25, 0.3) is 10.9 Å². The number of rotatable bonds is 3. The Morgan fingerprint density at radius 3 is 3.00 bits per heavy atom. The van der Waals surface area contributed by atoms with Crippen molar-refractivity contribution < 1.29 is 9.84 Å². The summed E-state index contributed by atoms with van der Waals surface area (Å²) in [6.45, 7) is 1.98. The number of pyridine rings is 1. The number of para-hydroxylation sites is 1. The second-order valence-electron chi connectivity index (χ2n) is 3.52. The lowest BCUT2D eigenvalue weighted by atomic mass is 10.2. The first-order valence-electron chi connectivity index (χ1n) is 4.91. The molecule has 0 amide bonds. The predicted molar refractivity (Wildman–Crippen MR) is 58.9 cm³/mol. The van der Waals surface area contributed by atoms with Gasteiger partial charge in [0.15, 0.2) is 0 Å². The van der Waals surface area contributed by atoms with Crippen molar-refractivity contribution in [3.8, 4) is 5.75 Å². The molecule has 1 unspecified atom stereocenters. The minimum atomic E-state index is -0.462. The van der Waals surface area contributed by atoms with E-state index in [1.165, 1.54) is 0 Å². The van der Waals surface area contributed by atoms with E-state index in [0.717, 1.165) is 10.9 Å². The highest BCUT2D eigenvalue weighted by Crippen LogP contribution is 2.17. The van der Waals surface area contributed by atoms with Gasteiger partial charge in [0.05, 0.1) is 17.8 Å². The molecule has 78 valence electrons. The van der Waals surface area contributed by atoms with Crippen LogP contribution < -0.4 is 4.74 Å². The minimum absolute atomic E-state index is 0.292. The predicted octanol–water partition coefficient (Wildman–Crippen LogP) is 1.99. The van der Waals surface area contributed by atoms with Crippen LogP contribution in [0.4, 0.5) is 0 Å². The molecule has 1 aromatic heterocycles. The second-order valence-corrected chi connectivity index (χ2v) is 3.52. The third-order valence-corrected chi connectivity index (χ3v) is 2.06. The second kappa shape index (κ2) is 4.28. The Kier molecular flexibility index (Phi) is 2.83. The molecule has 0 aliphatic carbocycles. The summed E-state index contributed by atoms with van der Waals surface area (Å²) in [5, 5.41) is 10.1. The average Bonchev–Trinajstić information content (AvgIpc) is 2.26. The van der Waals surface area contributed by atoms with Crippen LogP contribution in [0.1, 0.15) is 6.92 Å². The van der Waals surface area contributed by atoms with Gasteiger partial charge in [0, 0.05) is 5.39 Å². The maximum Gasteiger partial charge on any atom is 0.138 e. The van der Waals surface area contributed by atoms with E-state index >= 15 is 0 Å². The molecule has 0 radical (unpaired) electrons. The normalized spacial score (nSPS) is 12.7. The first-order chi connectivity index (χ1) is 7.25. The zero-order valence-corrected chi connectivity index (χ0v) is 8.55. The van der Waals surface area contributed by atoms with Gasteiger partial charge >= 0.3 is 0 Å². The molecule has 0 aliphatic rings. The van der Waals surface area contributed by atoms with Gasteiger partial charge in [0.25, 0.3) is 0 Å². The number of hydrogen-bond donors (Lipinski definition) is 1. The van der Waals surface area contributed by atoms with Crippen LogP contribution in [-0.4, -0.2) is 22.8 Å². The lowest BCUT2D eigenvalue weighted by molar-refractivity contribution is 0.122. The van der Waals surface area contributed by atoms with Crippen LogP contribution in [0.15, 0.2) is 36.5 Å². The summed E-state index contributed by atoms with van der Waals surface area (Å²) in [4.78, 5) is 4.25. The summed E-state index contributed by atoms with van der Waals surface area (Å²) < 4.78 is 5.36. The Bertz CT molecular complexity index is 454. The van der Waals surface area contributed by atoms with Crippen LogP contribution in [-0.2, 0) is 0 Å². The van der Waals surface area contributed by atoms with Crippen molar-refractivity contribution in [3.63, 3.8) is 0 Å². The van der Waals surface area contributed by atoms with Gasteiger partial charge in [-0.2, -0.15) is 0 Å². The maximum absolute atomic E-state index is 9.08.